The number of amides is 2. The minimum Gasteiger partial charge on any atom is -0.436 e. The maximum Gasteiger partial charge on any atom is 0.389 e. The summed E-state index contributed by atoms with van der Waals surface area (Å²) in [4.78, 5) is 34.2. The van der Waals surface area contributed by atoms with Gasteiger partial charge in [0, 0.05) is 26.2 Å². The first-order chi connectivity index (χ1) is 19.3. The standard InChI is InChI=1S/C27H31F5N6O3/c1-14-24(41-15(2)34-14)25(40)37-23(17-5-8-26(28,29)9-6-17)19-13-38-20(35-19)11-18(12-33-38)22(16-3-4-16)36-21(39)7-10-27(30,31)32/h11-13,16-17,22-23H,3-10H2,1-2H3,(H,36,39)(H,37,40)/t22?,23-/m0/s1. The number of halogens is 5. The fourth-order valence-corrected chi connectivity index (χ4v) is 5.41. The van der Waals surface area contributed by atoms with Gasteiger partial charge in [0.1, 0.15) is 0 Å². The third-order valence-electron chi connectivity index (χ3n) is 7.71. The van der Waals surface area contributed by atoms with Crippen molar-refractivity contribution in [1.29, 1.82) is 0 Å². The quantitative estimate of drug-likeness (QED) is 0.320. The van der Waals surface area contributed by atoms with Crippen molar-refractivity contribution in [3.63, 3.8) is 0 Å². The average Bonchev–Trinajstić information content (AvgIpc) is 3.55. The van der Waals surface area contributed by atoms with Gasteiger partial charge in [0.05, 0.1) is 42.3 Å². The van der Waals surface area contributed by atoms with Crippen LogP contribution in [-0.4, -0.2) is 43.5 Å². The fraction of sp³-hybridized carbons (Fsp3) is 0.593. The number of nitrogens with one attached hydrogen (secondary N) is 2. The fourth-order valence-electron chi connectivity index (χ4n) is 5.41. The Hall–Kier alpha value is -3.58. The van der Waals surface area contributed by atoms with Gasteiger partial charge in [0.2, 0.25) is 17.6 Å². The second kappa shape index (κ2) is 11.0. The molecule has 0 aliphatic heterocycles. The highest BCUT2D eigenvalue weighted by atomic mass is 19.4. The Morgan fingerprint density at radius 2 is 1.76 bits per heavy atom. The molecular weight excluding hydrogens is 551 g/mol. The Balaban J connectivity index is 1.40. The van der Waals surface area contributed by atoms with Gasteiger partial charge in [-0.1, -0.05) is 0 Å². The topological polar surface area (TPSA) is 114 Å². The van der Waals surface area contributed by atoms with Crippen LogP contribution in [0.4, 0.5) is 22.0 Å². The highest BCUT2D eigenvalue weighted by Crippen LogP contribution is 2.43. The zero-order valence-corrected chi connectivity index (χ0v) is 22.6. The van der Waals surface area contributed by atoms with Gasteiger partial charge in [-0.25, -0.2) is 23.3 Å². The van der Waals surface area contributed by atoms with Crippen LogP contribution in [0.25, 0.3) is 5.65 Å². The Morgan fingerprint density at radius 1 is 1.07 bits per heavy atom. The molecule has 2 amide bonds. The summed E-state index contributed by atoms with van der Waals surface area (Å²) in [6.07, 6.45) is -1.79. The number of hydrogen-bond donors (Lipinski definition) is 2. The predicted octanol–water partition coefficient (Wildman–Crippen LogP) is 5.54. The molecule has 3 aromatic rings. The summed E-state index contributed by atoms with van der Waals surface area (Å²) >= 11 is 0. The maximum absolute atomic E-state index is 14.0. The van der Waals surface area contributed by atoms with Crippen molar-refractivity contribution in [3.8, 4) is 0 Å². The number of rotatable bonds is 9. The van der Waals surface area contributed by atoms with Crippen molar-refractivity contribution in [2.75, 3.05) is 0 Å². The summed E-state index contributed by atoms with van der Waals surface area (Å²) in [7, 11) is 0. The van der Waals surface area contributed by atoms with E-state index < -0.39 is 48.8 Å². The van der Waals surface area contributed by atoms with Crippen LogP contribution in [0.5, 0.6) is 0 Å². The number of carbonyl (C=O) groups excluding carboxylic acids is 2. The van der Waals surface area contributed by atoms with Crippen LogP contribution < -0.4 is 10.6 Å². The van der Waals surface area contributed by atoms with E-state index in [4.69, 9.17) is 4.42 Å². The molecule has 2 aliphatic rings. The molecule has 0 aromatic carbocycles. The second-order valence-electron chi connectivity index (χ2n) is 11.0. The van der Waals surface area contributed by atoms with Crippen molar-refractivity contribution in [1.82, 2.24) is 30.2 Å². The van der Waals surface area contributed by atoms with Crippen molar-refractivity contribution < 1.29 is 36.0 Å². The average molecular weight is 583 g/mol. The molecule has 3 aromatic heterocycles. The third-order valence-corrected chi connectivity index (χ3v) is 7.71. The first-order valence-corrected chi connectivity index (χ1v) is 13.6. The van der Waals surface area contributed by atoms with Crippen LogP contribution in [0.3, 0.4) is 0 Å². The zero-order chi connectivity index (χ0) is 29.5. The molecule has 3 heterocycles. The molecule has 2 aliphatic carbocycles. The lowest BCUT2D eigenvalue weighted by molar-refractivity contribution is -0.144. The number of aryl methyl sites for hydroxylation is 2. The maximum atomic E-state index is 14.0. The first-order valence-electron chi connectivity index (χ1n) is 13.6. The summed E-state index contributed by atoms with van der Waals surface area (Å²) in [6, 6.07) is 0.471. The molecule has 0 bridgehead atoms. The smallest absolute Gasteiger partial charge is 0.389 e. The number of carbonyl (C=O) groups is 2. The predicted molar refractivity (Wildman–Crippen MR) is 135 cm³/mol. The van der Waals surface area contributed by atoms with Crippen LogP contribution >= 0.6 is 0 Å². The van der Waals surface area contributed by atoms with Crippen molar-refractivity contribution in [3.05, 3.63) is 47.1 Å². The SMILES string of the molecule is Cc1nc(C)c(C(=O)N[C@H](c2cn3ncc(C(NC(=O)CCC(F)(F)F)C4CC4)cc3n2)C2CCC(F)(F)CC2)o1. The molecule has 0 saturated heterocycles. The third kappa shape index (κ3) is 7.02. The van der Waals surface area contributed by atoms with Gasteiger partial charge in [0.25, 0.3) is 5.91 Å². The number of oxazole rings is 1. The molecule has 2 atom stereocenters. The summed E-state index contributed by atoms with van der Waals surface area (Å²) < 4.78 is 72.6. The monoisotopic (exact) mass is 582 g/mol. The lowest BCUT2D eigenvalue weighted by Gasteiger charge is -2.33. The molecule has 0 spiro atoms. The lowest BCUT2D eigenvalue weighted by Crippen LogP contribution is -2.37. The molecule has 1 unspecified atom stereocenters. The second-order valence-corrected chi connectivity index (χ2v) is 11.0. The van der Waals surface area contributed by atoms with E-state index >= 15 is 0 Å². The molecular formula is C27H31F5N6O3. The van der Waals surface area contributed by atoms with E-state index in [1.165, 1.54) is 10.7 Å². The molecule has 41 heavy (non-hydrogen) atoms. The van der Waals surface area contributed by atoms with Crippen LogP contribution in [-0.2, 0) is 4.79 Å². The first kappa shape index (κ1) is 28.9. The highest BCUT2D eigenvalue weighted by molar-refractivity contribution is 5.92. The molecule has 222 valence electrons. The summed E-state index contributed by atoms with van der Waals surface area (Å²) in [5.74, 6) is -3.88. The normalized spacial score (nSPS) is 19.2. The molecule has 9 nitrogen and oxygen atoms in total. The van der Waals surface area contributed by atoms with Gasteiger partial charge < -0.3 is 15.1 Å². The Kier molecular flexibility index (Phi) is 7.77. The highest BCUT2D eigenvalue weighted by Gasteiger charge is 2.40. The summed E-state index contributed by atoms with van der Waals surface area (Å²) in [5, 5.41) is 10.0. The number of aromatic nitrogens is 4. The number of imidazole rings is 1. The van der Waals surface area contributed by atoms with Crippen LogP contribution in [0.15, 0.2) is 22.9 Å². The number of alkyl halides is 5. The lowest BCUT2D eigenvalue weighted by atomic mass is 9.81. The molecule has 0 radical (unpaired) electrons. The van der Waals surface area contributed by atoms with Gasteiger partial charge in [-0.15, -0.1) is 0 Å². The summed E-state index contributed by atoms with van der Waals surface area (Å²) in [6.45, 7) is 3.25. The van der Waals surface area contributed by atoms with Gasteiger partial charge in [-0.2, -0.15) is 18.3 Å². The Bertz CT molecular complexity index is 1420. The van der Waals surface area contributed by atoms with E-state index in [1.54, 1.807) is 26.1 Å². The Labute approximate surface area is 232 Å². The van der Waals surface area contributed by atoms with Crippen molar-refractivity contribution >= 4 is 17.5 Å². The minimum absolute atomic E-state index is 0.0337. The van der Waals surface area contributed by atoms with E-state index in [1.807, 2.05) is 0 Å². The van der Waals surface area contributed by atoms with Crippen molar-refractivity contribution in [2.24, 2.45) is 11.8 Å². The Morgan fingerprint density at radius 3 is 2.37 bits per heavy atom. The number of nitrogens with zero attached hydrogens (tertiary/aromatic N) is 4. The number of fused-ring (bicyclic) bond motifs is 1. The van der Waals surface area contributed by atoms with Gasteiger partial charge in [0.15, 0.2) is 11.5 Å². The molecule has 2 N–H and O–H groups in total. The summed E-state index contributed by atoms with van der Waals surface area (Å²) in [5.41, 5.74) is 1.81. The van der Waals surface area contributed by atoms with E-state index in [-0.39, 0.29) is 43.3 Å². The van der Waals surface area contributed by atoms with Crippen molar-refractivity contribution in [2.45, 2.75) is 89.4 Å². The van der Waals surface area contributed by atoms with E-state index in [0.717, 1.165) is 12.8 Å². The largest absolute Gasteiger partial charge is 0.436 e. The minimum atomic E-state index is -4.43. The van der Waals surface area contributed by atoms with Crippen LogP contribution in [0.1, 0.15) is 96.8 Å². The molecule has 2 saturated carbocycles. The molecule has 14 heteroatoms. The van der Waals surface area contributed by atoms with E-state index in [2.05, 4.69) is 25.7 Å². The van der Waals surface area contributed by atoms with Gasteiger partial charge in [-0.05, 0) is 56.1 Å². The van der Waals surface area contributed by atoms with E-state index in [0.29, 0.717) is 28.5 Å². The zero-order valence-electron chi connectivity index (χ0n) is 22.6. The van der Waals surface area contributed by atoms with E-state index in [9.17, 15) is 31.5 Å². The van der Waals surface area contributed by atoms with Crippen LogP contribution in [0, 0.1) is 25.7 Å². The molecule has 5 rings (SSSR count). The van der Waals surface area contributed by atoms with Crippen LogP contribution in [0.2, 0.25) is 0 Å². The van der Waals surface area contributed by atoms with Gasteiger partial charge in [-0.3, -0.25) is 9.59 Å². The number of hydrogen-bond acceptors (Lipinski definition) is 6. The van der Waals surface area contributed by atoms with Gasteiger partial charge >= 0.3 is 6.18 Å². The molecule has 2 fully saturated rings.